The van der Waals surface area contributed by atoms with Crippen LogP contribution in [0.4, 0.5) is 10.5 Å². The van der Waals surface area contributed by atoms with Gasteiger partial charge in [0.2, 0.25) is 15.9 Å². The number of nitrogens with zero attached hydrogens (tertiary/aromatic N) is 5. The van der Waals surface area contributed by atoms with Gasteiger partial charge in [0, 0.05) is 44.8 Å². The number of piperidine rings is 1. The van der Waals surface area contributed by atoms with Crippen LogP contribution in [0.15, 0.2) is 59.5 Å². The average molecular weight is 573 g/mol. The number of hydrogen-bond donors (Lipinski definition) is 2. The molecule has 3 fully saturated rings. The summed E-state index contributed by atoms with van der Waals surface area (Å²) >= 11 is 0. The summed E-state index contributed by atoms with van der Waals surface area (Å²) in [5, 5.41) is 24.8. The van der Waals surface area contributed by atoms with Crippen molar-refractivity contribution in [3.8, 4) is 0 Å². The zero-order valence-electron chi connectivity index (χ0n) is 22.1. The molecule has 2 aromatic rings. The van der Waals surface area contributed by atoms with Crippen LogP contribution in [0.5, 0.6) is 0 Å². The third kappa shape index (κ3) is 5.14. The number of para-hydroxylation sites is 1. The molecule has 13 nitrogen and oxygen atoms in total. The van der Waals surface area contributed by atoms with Crippen LogP contribution in [0, 0.1) is 10.1 Å². The second-order valence-electron chi connectivity index (χ2n) is 10.8. The summed E-state index contributed by atoms with van der Waals surface area (Å²) in [6, 6.07) is 15.2. The fraction of sp³-hybridized carbons (Fsp3) is 0.462. The van der Waals surface area contributed by atoms with Crippen molar-refractivity contribution in [2.75, 3.05) is 46.3 Å². The number of carbonyl (C=O) groups is 2. The highest BCUT2D eigenvalue weighted by Crippen LogP contribution is 2.39. The molecule has 1 spiro atoms. The van der Waals surface area contributed by atoms with E-state index < -0.39 is 48.7 Å². The van der Waals surface area contributed by atoms with E-state index in [2.05, 4.69) is 22.3 Å². The maximum Gasteiger partial charge on any atom is 0.407 e. The Balaban J connectivity index is 1.41. The Morgan fingerprint density at radius 3 is 2.40 bits per heavy atom. The molecule has 40 heavy (non-hydrogen) atoms. The van der Waals surface area contributed by atoms with Gasteiger partial charge >= 0.3 is 6.09 Å². The Morgan fingerprint density at radius 2 is 1.75 bits per heavy atom. The molecule has 14 heteroatoms. The minimum atomic E-state index is -4.36. The van der Waals surface area contributed by atoms with Crippen LogP contribution in [-0.2, 0) is 21.4 Å². The summed E-state index contributed by atoms with van der Waals surface area (Å²) in [5.41, 5.74) is -1.22. The minimum Gasteiger partial charge on any atom is -0.465 e. The molecule has 0 radical (unpaired) electrons. The molecular weight excluding hydrogens is 540 g/mol. The SMILES string of the molecule is CN(CC12CN(C(=O)O)CC(=O)N1CC1(CCN(Cc3ccccc3)CC1)N2)S(=O)(=O)c1ccccc1[N+](=O)[O-]. The van der Waals surface area contributed by atoms with E-state index in [4.69, 9.17) is 0 Å². The van der Waals surface area contributed by atoms with Crippen molar-refractivity contribution >= 4 is 27.7 Å². The van der Waals surface area contributed by atoms with E-state index in [9.17, 15) is 33.2 Å². The van der Waals surface area contributed by atoms with Gasteiger partial charge in [-0.25, -0.2) is 13.2 Å². The minimum absolute atomic E-state index is 0.139. The molecule has 3 heterocycles. The fourth-order valence-corrected chi connectivity index (χ4v) is 7.52. The number of nitro benzene ring substituents is 1. The van der Waals surface area contributed by atoms with Gasteiger partial charge in [0.1, 0.15) is 12.2 Å². The predicted molar refractivity (Wildman–Crippen MR) is 144 cm³/mol. The molecule has 3 aliphatic heterocycles. The smallest absolute Gasteiger partial charge is 0.407 e. The molecule has 2 aromatic carbocycles. The van der Waals surface area contributed by atoms with E-state index in [0.717, 1.165) is 34.9 Å². The molecule has 0 aliphatic carbocycles. The zero-order chi connectivity index (χ0) is 28.7. The summed E-state index contributed by atoms with van der Waals surface area (Å²) in [6.45, 7) is 1.84. The fourth-order valence-electron chi connectivity index (χ4n) is 6.15. The molecule has 0 saturated carbocycles. The van der Waals surface area contributed by atoms with Crippen LogP contribution in [0.25, 0.3) is 0 Å². The van der Waals surface area contributed by atoms with Gasteiger partial charge in [0.15, 0.2) is 4.90 Å². The Morgan fingerprint density at radius 1 is 1.10 bits per heavy atom. The summed E-state index contributed by atoms with van der Waals surface area (Å²) in [4.78, 5) is 40.4. The number of hydrogen-bond acceptors (Lipinski definition) is 8. The number of likely N-dealkylation sites (tertiary alicyclic amines) is 1. The lowest BCUT2D eigenvalue weighted by Gasteiger charge is -2.47. The van der Waals surface area contributed by atoms with Crippen molar-refractivity contribution in [1.82, 2.24) is 24.3 Å². The molecule has 214 valence electrons. The molecule has 2 amide bonds. The van der Waals surface area contributed by atoms with Gasteiger partial charge in [-0.15, -0.1) is 0 Å². The Labute approximate surface area is 232 Å². The highest BCUT2D eigenvalue weighted by atomic mass is 32.2. The van der Waals surface area contributed by atoms with Crippen LogP contribution in [0.2, 0.25) is 0 Å². The molecule has 5 rings (SSSR count). The van der Waals surface area contributed by atoms with Gasteiger partial charge in [-0.05, 0) is 24.5 Å². The maximum absolute atomic E-state index is 13.6. The standard InChI is InChI=1S/C26H32N6O7S/c1-28(40(38,39)22-10-6-5-9-21(22)32(36)37)18-26-19-30(24(34)35)16-23(33)31(26)17-25(27-26)11-13-29(14-12-25)15-20-7-3-2-4-8-20/h2-10,27H,11-19H2,1H3,(H,34,35). The number of amides is 2. The topological polar surface area (TPSA) is 157 Å². The van der Waals surface area contributed by atoms with E-state index >= 15 is 0 Å². The zero-order valence-corrected chi connectivity index (χ0v) is 22.9. The summed E-state index contributed by atoms with van der Waals surface area (Å²) in [7, 11) is -3.07. The largest absolute Gasteiger partial charge is 0.465 e. The summed E-state index contributed by atoms with van der Waals surface area (Å²) in [5.74, 6) is -0.416. The molecular formula is C26H32N6O7S. The van der Waals surface area contributed by atoms with Crippen molar-refractivity contribution in [3.63, 3.8) is 0 Å². The van der Waals surface area contributed by atoms with Gasteiger partial charge < -0.3 is 10.0 Å². The molecule has 1 atom stereocenters. The first kappa shape index (κ1) is 28.0. The number of carboxylic acid groups (broad SMARTS) is 1. The molecule has 0 bridgehead atoms. The molecule has 3 aliphatic rings. The Kier molecular flexibility index (Phi) is 7.29. The lowest BCUT2D eigenvalue weighted by Crippen LogP contribution is -2.71. The second-order valence-corrected chi connectivity index (χ2v) is 12.8. The monoisotopic (exact) mass is 572 g/mol. The van der Waals surface area contributed by atoms with Gasteiger partial charge in [-0.1, -0.05) is 42.5 Å². The number of sulfonamides is 1. The Hall–Kier alpha value is -3.59. The lowest BCUT2D eigenvalue weighted by molar-refractivity contribution is -0.387. The van der Waals surface area contributed by atoms with Crippen molar-refractivity contribution < 1.29 is 28.0 Å². The quantitative estimate of drug-likeness (QED) is 0.369. The lowest BCUT2D eigenvalue weighted by atomic mass is 9.88. The maximum atomic E-state index is 13.6. The predicted octanol–water partition coefficient (Wildman–Crippen LogP) is 1.37. The van der Waals surface area contributed by atoms with Gasteiger partial charge in [0.05, 0.1) is 18.0 Å². The number of likely N-dealkylation sites (N-methyl/N-ethyl adjacent to an activating group) is 1. The highest BCUT2D eigenvalue weighted by Gasteiger charge is 2.59. The normalized spacial score (nSPS) is 23.0. The third-order valence-electron chi connectivity index (χ3n) is 8.12. The van der Waals surface area contributed by atoms with Gasteiger partial charge in [-0.3, -0.25) is 30.0 Å². The number of nitro groups is 1. The van der Waals surface area contributed by atoms with Gasteiger partial charge in [0.25, 0.3) is 5.69 Å². The number of benzene rings is 2. The van der Waals surface area contributed by atoms with E-state index in [-0.39, 0.29) is 19.6 Å². The van der Waals surface area contributed by atoms with Crippen LogP contribution < -0.4 is 5.32 Å². The van der Waals surface area contributed by atoms with Crippen molar-refractivity contribution in [3.05, 3.63) is 70.3 Å². The van der Waals surface area contributed by atoms with Crippen molar-refractivity contribution in [2.45, 2.75) is 35.5 Å². The number of rotatable bonds is 7. The molecule has 0 aromatic heterocycles. The van der Waals surface area contributed by atoms with Crippen molar-refractivity contribution in [1.29, 1.82) is 0 Å². The first-order chi connectivity index (χ1) is 18.9. The van der Waals surface area contributed by atoms with Crippen LogP contribution in [-0.4, -0.2) is 107 Å². The Bertz CT molecular complexity index is 1410. The molecule has 2 N–H and O–H groups in total. The molecule has 3 saturated heterocycles. The number of fused-ring (bicyclic) bond motifs is 1. The van der Waals surface area contributed by atoms with Crippen LogP contribution in [0.3, 0.4) is 0 Å². The van der Waals surface area contributed by atoms with Gasteiger partial charge in [-0.2, -0.15) is 4.31 Å². The van der Waals surface area contributed by atoms with Crippen LogP contribution in [0.1, 0.15) is 18.4 Å². The van der Waals surface area contributed by atoms with E-state index in [1.54, 1.807) is 4.90 Å². The summed E-state index contributed by atoms with van der Waals surface area (Å²) < 4.78 is 28.1. The first-order valence-electron chi connectivity index (χ1n) is 13.0. The second kappa shape index (κ2) is 10.4. The first-order valence-corrected chi connectivity index (χ1v) is 14.4. The number of nitrogens with one attached hydrogen (secondary N) is 1. The van der Waals surface area contributed by atoms with Crippen LogP contribution >= 0.6 is 0 Å². The average Bonchev–Trinajstić information content (AvgIpc) is 3.24. The van der Waals surface area contributed by atoms with Crippen molar-refractivity contribution in [2.24, 2.45) is 0 Å². The number of carbonyl (C=O) groups excluding carboxylic acids is 1. The van der Waals surface area contributed by atoms with E-state index in [0.29, 0.717) is 19.4 Å². The van der Waals surface area contributed by atoms with E-state index in [1.807, 2.05) is 18.2 Å². The summed E-state index contributed by atoms with van der Waals surface area (Å²) in [6.07, 6.45) is 0.0787. The highest BCUT2D eigenvalue weighted by molar-refractivity contribution is 7.89. The third-order valence-corrected chi connectivity index (χ3v) is 9.97. The number of piperazine rings is 1. The molecule has 1 unspecified atom stereocenters. The van der Waals surface area contributed by atoms with E-state index in [1.165, 1.54) is 30.8 Å².